The van der Waals surface area contributed by atoms with Crippen molar-refractivity contribution >= 4 is 17.4 Å². The summed E-state index contributed by atoms with van der Waals surface area (Å²) in [6, 6.07) is 12.5. The lowest BCUT2D eigenvalue weighted by atomic mass is 10.2. The summed E-state index contributed by atoms with van der Waals surface area (Å²) >= 11 is 0. The molecule has 0 aliphatic carbocycles. The van der Waals surface area contributed by atoms with Gasteiger partial charge in [-0.3, -0.25) is 5.43 Å². The second-order valence-electron chi connectivity index (χ2n) is 4.77. The third-order valence-electron chi connectivity index (χ3n) is 2.94. The van der Waals surface area contributed by atoms with Gasteiger partial charge in [0.1, 0.15) is 18.2 Å². The summed E-state index contributed by atoms with van der Waals surface area (Å²) in [5.74, 6) is -0.0678. The average Bonchev–Trinajstić information content (AvgIpc) is 2.59. The van der Waals surface area contributed by atoms with Crippen LogP contribution in [0.2, 0.25) is 0 Å². The molecule has 0 heterocycles. The Bertz CT molecular complexity index is 682. The smallest absolute Gasteiger partial charge is 0.337 e. The van der Waals surface area contributed by atoms with E-state index in [2.05, 4.69) is 15.3 Å². The number of anilines is 1. The highest BCUT2D eigenvalue weighted by Crippen LogP contribution is 2.13. The number of hydrogen-bond donors (Lipinski definition) is 1. The van der Waals surface area contributed by atoms with Crippen LogP contribution in [0.25, 0.3) is 0 Å². The Labute approximate surface area is 133 Å². The third-order valence-corrected chi connectivity index (χ3v) is 2.94. The number of esters is 1. The minimum absolute atomic E-state index is 0.283. The SMILES string of the molecule is COC(=O)c1ccc(OC/C(C)=N/Nc2ccc(F)cc2)cc1. The highest BCUT2D eigenvalue weighted by atomic mass is 19.1. The van der Waals surface area contributed by atoms with Crippen molar-refractivity contribution in [3.8, 4) is 5.75 Å². The fourth-order valence-electron chi connectivity index (χ4n) is 1.71. The van der Waals surface area contributed by atoms with Gasteiger partial charge in [-0.05, 0) is 55.5 Å². The molecule has 0 atom stereocenters. The van der Waals surface area contributed by atoms with E-state index in [4.69, 9.17) is 4.74 Å². The number of carbonyl (C=O) groups is 1. The first-order valence-electron chi connectivity index (χ1n) is 6.94. The van der Waals surface area contributed by atoms with Gasteiger partial charge < -0.3 is 9.47 Å². The molecule has 120 valence electrons. The lowest BCUT2D eigenvalue weighted by molar-refractivity contribution is 0.0600. The molecule has 2 aromatic carbocycles. The van der Waals surface area contributed by atoms with Crippen molar-refractivity contribution in [2.45, 2.75) is 6.92 Å². The van der Waals surface area contributed by atoms with E-state index in [0.29, 0.717) is 22.7 Å². The van der Waals surface area contributed by atoms with E-state index >= 15 is 0 Å². The molecule has 2 rings (SSSR count). The van der Waals surface area contributed by atoms with Gasteiger partial charge in [-0.1, -0.05) is 0 Å². The van der Waals surface area contributed by atoms with Crippen LogP contribution in [0.4, 0.5) is 10.1 Å². The maximum atomic E-state index is 12.8. The van der Waals surface area contributed by atoms with Gasteiger partial charge in [0.25, 0.3) is 0 Å². The van der Waals surface area contributed by atoms with E-state index in [-0.39, 0.29) is 12.4 Å². The summed E-state index contributed by atoms with van der Waals surface area (Å²) < 4.78 is 23.0. The molecular formula is C17H17FN2O3. The first kappa shape index (κ1) is 16.5. The minimum Gasteiger partial charge on any atom is -0.488 e. The summed E-state index contributed by atoms with van der Waals surface area (Å²) in [4.78, 5) is 11.3. The van der Waals surface area contributed by atoms with Crippen molar-refractivity contribution in [1.82, 2.24) is 0 Å². The van der Waals surface area contributed by atoms with Crippen molar-refractivity contribution in [3.05, 3.63) is 59.9 Å². The Balaban J connectivity index is 1.85. The van der Waals surface area contributed by atoms with Crippen LogP contribution in [-0.4, -0.2) is 25.4 Å². The number of rotatable bonds is 6. The maximum absolute atomic E-state index is 12.8. The molecule has 0 saturated carbocycles. The summed E-state index contributed by atoms with van der Waals surface area (Å²) in [6.45, 7) is 2.09. The van der Waals surface area contributed by atoms with E-state index in [0.717, 1.165) is 0 Å². The number of methoxy groups -OCH3 is 1. The van der Waals surface area contributed by atoms with Crippen molar-refractivity contribution in [1.29, 1.82) is 0 Å². The topological polar surface area (TPSA) is 59.9 Å². The van der Waals surface area contributed by atoms with Crippen LogP contribution in [0.5, 0.6) is 5.75 Å². The van der Waals surface area contributed by atoms with E-state index in [9.17, 15) is 9.18 Å². The number of ether oxygens (including phenoxy) is 2. The molecule has 5 nitrogen and oxygen atoms in total. The molecule has 0 bridgehead atoms. The molecule has 0 aliphatic heterocycles. The van der Waals surface area contributed by atoms with Gasteiger partial charge in [0.05, 0.1) is 24.1 Å². The second-order valence-corrected chi connectivity index (χ2v) is 4.77. The van der Waals surface area contributed by atoms with Gasteiger partial charge in [-0.15, -0.1) is 0 Å². The molecule has 6 heteroatoms. The average molecular weight is 316 g/mol. The molecule has 0 spiro atoms. The lowest BCUT2D eigenvalue weighted by Crippen LogP contribution is -2.10. The largest absolute Gasteiger partial charge is 0.488 e. The molecule has 0 fully saturated rings. The summed E-state index contributed by atoms with van der Waals surface area (Å²) in [5, 5.41) is 4.14. The van der Waals surface area contributed by atoms with Crippen LogP contribution in [0, 0.1) is 5.82 Å². The first-order chi connectivity index (χ1) is 11.1. The summed E-state index contributed by atoms with van der Waals surface area (Å²) in [7, 11) is 1.33. The summed E-state index contributed by atoms with van der Waals surface area (Å²) in [5.41, 5.74) is 4.68. The first-order valence-corrected chi connectivity index (χ1v) is 6.94. The second kappa shape index (κ2) is 7.93. The van der Waals surface area contributed by atoms with Gasteiger partial charge in [-0.2, -0.15) is 5.10 Å². The lowest BCUT2D eigenvalue weighted by Gasteiger charge is -2.07. The highest BCUT2D eigenvalue weighted by molar-refractivity contribution is 5.89. The Hall–Kier alpha value is -2.89. The maximum Gasteiger partial charge on any atom is 0.337 e. The quantitative estimate of drug-likeness (QED) is 0.503. The molecule has 0 saturated heterocycles. The third kappa shape index (κ3) is 5.10. The highest BCUT2D eigenvalue weighted by Gasteiger charge is 2.04. The Morgan fingerprint density at radius 2 is 1.78 bits per heavy atom. The van der Waals surface area contributed by atoms with E-state index in [1.54, 1.807) is 43.3 Å². The van der Waals surface area contributed by atoms with Crippen LogP contribution in [0.3, 0.4) is 0 Å². The zero-order valence-corrected chi connectivity index (χ0v) is 12.9. The molecule has 23 heavy (non-hydrogen) atoms. The molecule has 0 amide bonds. The molecule has 1 N–H and O–H groups in total. The number of carbonyl (C=O) groups excluding carboxylic acids is 1. The van der Waals surface area contributed by atoms with E-state index in [1.807, 2.05) is 0 Å². The van der Waals surface area contributed by atoms with Gasteiger partial charge in [-0.25, -0.2) is 9.18 Å². The predicted molar refractivity (Wildman–Crippen MR) is 86.4 cm³/mol. The summed E-state index contributed by atoms with van der Waals surface area (Å²) in [6.07, 6.45) is 0. The Morgan fingerprint density at radius 3 is 2.39 bits per heavy atom. The number of halogens is 1. The monoisotopic (exact) mass is 316 g/mol. The standard InChI is InChI=1S/C17H17FN2O3/c1-12(19-20-15-7-5-14(18)6-8-15)11-23-16-9-3-13(4-10-16)17(21)22-2/h3-10,20H,11H2,1-2H3/b19-12+. The van der Waals surface area contributed by atoms with Crippen LogP contribution in [0.15, 0.2) is 53.6 Å². The molecule has 0 aromatic heterocycles. The molecule has 0 radical (unpaired) electrons. The van der Waals surface area contributed by atoms with Crippen LogP contribution in [-0.2, 0) is 4.74 Å². The van der Waals surface area contributed by atoms with Crippen LogP contribution < -0.4 is 10.2 Å². The van der Waals surface area contributed by atoms with Crippen molar-refractivity contribution in [3.63, 3.8) is 0 Å². The van der Waals surface area contributed by atoms with E-state index < -0.39 is 5.97 Å². The Morgan fingerprint density at radius 1 is 1.13 bits per heavy atom. The minimum atomic E-state index is -0.391. The molecule has 0 unspecified atom stereocenters. The Kier molecular flexibility index (Phi) is 5.68. The van der Waals surface area contributed by atoms with Crippen molar-refractivity contribution in [2.75, 3.05) is 19.1 Å². The predicted octanol–water partition coefficient (Wildman–Crippen LogP) is 3.48. The van der Waals surface area contributed by atoms with Crippen LogP contribution in [0.1, 0.15) is 17.3 Å². The molecule has 0 aliphatic rings. The number of nitrogens with one attached hydrogen (secondary N) is 1. The molecule has 2 aromatic rings. The normalized spacial score (nSPS) is 11.0. The zero-order chi connectivity index (χ0) is 16.7. The number of hydrazone groups is 1. The van der Waals surface area contributed by atoms with Gasteiger partial charge in [0.2, 0.25) is 0 Å². The van der Waals surface area contributed by atoms with Gasteiger partial charge in [0.15, 0.2) is 0 Å². The van der Waals surface area contributed by atoms with Crippen molar-refractivity contribution in [2.24, 2.45) is 5.10 Å². The zero-order valence-electron chi connectivity index (χ0n) is 12.9. The van der Waals surface area contributed by atoms with Gasteiger partial charge >= 0.3 is 5.97 Å². The van der Waals surface area contributed by atoms with E-state index in [1.165, 1.54) is 19.2 Å². The number of hydrogen-bond acceptors (Lipinski definition) is 5. The fraction of sp³-hybridized carbons (Fsp3) is 0.176. The fourth-order valence-corrected chi connectivity index (χ4v) is 1.71. The molecular weight excluding hydrogens is 299 g/mol. The van der Waals surface area contributed by atoms with Crippen molar-refractivity contribution < 1.29 is 18.7 Å². The number of nitrogens with zero attached hydrogens (tertiary/aromatic N) is 1. The van der Waals surface area contributed by atoms with Gasteiger partial charge in [0, 0.05) is 0 Å². The van der Waals surface area contributed by atoms with Crippen LogP contribution >= 0.6 is 0 Å². The number of benzene rings is 2.